The van der Waals surface area contributed by atoms with Crippen molar-refractivity contribution >= 4 is 57.1 Å². The van der Waals surface area contributed by atoms with Crippen LogP contribution < -0.4 is 0 Å². The van der Waals surface area contributed by atoms with Gasteiger partial charge < -0.3 is 0 Å². The van der Waals surface area contributed by atoms with Crippen LogP contribution in [0.15, 0.2) is 24.3 Å². The van der Waals surface area contributed by atoms with E-state index in [2.05, 4.69) is 42.5 Å². The smallest absolute Gasteiger partial charge is 0.0856 e. The SMILES string of the molecule is Cc1cc(C(Cl)c2cc(Cl)ccc2I)c(C)s1. The minimum absolute atomic E-state index is 0.120. The van der Waals surface area contributed by atoms with E-state index in [0.29, 0.717) is 0 Å². The normalized spacial score (nSPS) is 12.8. The van der Waals surface area contributed by atoms with E-state index in [-0.39, 0.29) is 5.38 Å². The van der Waals surface area contributed by atoms with Gasteiger partial charge in [-0.05, 0) is 71.8 Å². The Balaban J connectivity index is 2.46. The zero-order valence-electron chi connectivity index (χ0n) is 9.43. The maximum atomic E-state index is 6.57. The zero-order chi connectivity index (χ0) is 12.6. The van der Waals surface area contributed by atoms with E-state index in [1.54, 1.807) is 11.3 Å². The molecule has 0 amide bonds. The van der Waals surface area contributed by atoms with Crippen LogP contribution in [0.2, 0.25) is 5.02 Å². The third-order valence-electron chi connectivity index (χ3n) is 2.58. The van der Waals surface area contributed by atoms with Crippen LogP contribution in [0.1, 0.15) is 26.3 Å². The van der Waals surface area contributed by atoms with E-state index < -0.39 is 0 Å². The van der Waals surface area contributed by atoms with Gasteiger partial charge in [0.05, 0.1) is 5.38 Å². The van der Waals surface area contributed by atoms with Gasteiger partial charge in [-0.15, -0.1) is 22.9 Å². The van der Waals surface area contributed by atoms with Crippen LogP contribution in [0.25, 0.3) is 0 Å². The van der Waals surface area contributed by atoms with Crippen molar-refractivity contribution in [2.75, 3.05) is 0 Å². The summed E-state index contributed by atoms with van der Waals surface area (Å²) in [6, 6.07) is 8.01. The number of hydrogen-bond acceptors (Lipinski definition) is 1. The maximum absolute atomic E-state index is 6.57. The Morgan fingerprint density at radius 3 is 2.47 bits per heavy atom. The molecular weight excluding hydrogens is 386 g/mol. The van der Waals surface area contributed by atoms with Crippen molar-refractivity contribution in [3.05, 3.63) is 53.7 Å². The molecule has 1 atom stereocenters. The molecule has 0 aliphatic heterocycles. The summed E-state index contributed by atoms with van der Waals surface area (Å²) in [6.45, 7) is 4.22. The number of alkyl halides is 1. The molecule has 2 aromatic rings. The maximum Gasteiger partial charge on any atom is 0.0856 e. The number of rotatable bonds is 2. The Hall–Kier alpha value is 0.230. The molecule has 1 aromatic heterocycles. The number of benzene rings is 1. The molecule has 0 N–H and O–H groups in total. The minimum atomic E-state index is -0.120. The Morgan fingerprint density at radius 1 is 1.18 bits per heavy atom. The molecule has 0 nitrogen and oxygen atoms in total. The van der Waals surface area contributed by atoms with Crippen molar-refractivity contribution < 1.29 is 0 Å². The zero-order valence-corrected chi connectivity index (χ0v) is 13.9. The van der Waals surface area contributed by atoms with Crippen LogP contribution in [0, 0.1) is 17.4 Å². The van der Waals surface area contributed by atoms with E-state index in [1.807, 2.05) is 18.2 Å². The fourth-order valence-corrected chi connectivity index (χ4v) is 4.23. The average molecular weight is 397 g/mol. The summed E-state index contributed by atoms with van der Waals surface area (Å²) in [7, 11) is 0. The van der Waals surface area contributed by atoms with Crippen LogP contribution in [0.3, 0.4) is 0 Å². The third-order valence-corrected chi connectivity index (χ3v) is 5.25. The molecule has 0 saturated carbocycles. The molecule has 0 bridgehead atoms. The van der Waals surface area contributed by atoms with Gasteiger partial charge in [0.2, 0.25) is 0 Å². The van der Waals surface area contributed by atoms with Crippen molar-refractivity contribution in [1.82, 2.24) is 0 Å². The molecule has 1 unspecified atom stereocenters. The molecule has 0 saturated heterocycles. The fraction of sp³-hybridized carbons (Fsp3) is 0.231. The van der Waals surface area contributed by atoms with Gasteiger partial charge in [-0.1, -0.05) is 11.6 Å². The fourth-order valence-electron chi connectivity index (χ4n) is 1.78. The second-order valence-electron chi connectivity index (χ2n) is 3.90. The summed E-state index contributed by atoms with van der Waals surface area (Å²) < 4.78 is 1.15. The summed E-state index contributed by atoms with van der Waals surface area (Å²) in [5.74, 6) is 0. The Labute approximate surface area is 129 Å². The summed E-state index contributed by atoms with van der Waals surface area (Å²) >= 11 is 16.7. The molecule has 0 aliphatic carbocycles. The summed E-state index contributed by atoms with van der Waals surface area (Å²) in [5.41, 5.74) is 2.27. The number of aryl methyl sites for hydroxylation is 2. The van der Waals surface area contributed by atoms with Crippen molar-refractivity contribution in [2.24, 2.45) is 0 Å². The lowest BCUT2D eigenvalue weighted by Gasteiger charge is -2.12. The third kappa shape index (κ3) is 2.98. The first-order valence-electron chi connectivity index (χ1n) is 5.15. The van der Waals surface area contributed by atoms with Gasteiger partial charge in [0.1, 0.15) is 0 Å². The summed E-state index contributed by atoms with van der Waals surface area (Å²) in [4.78, 5) is 2.57. The Kier molecular flexibility index (Phi) is 4.40. The average Bonchev–Trinajstić information content (AvgIpc) is 2.60. The van der Waals surface area contributed by atoms with Gasteiger partial charge in [-0.25, -0.2) is 0 Å². The Morgan fingerprint density at radius 2 is 1.88 bits per heavy atom. The van der Waals surface area contributed by atoms with Gasteiger partial charge in [0, 0.05) is 18.3 Å². The van der Waals surface area contributed by atoms with Gasteiger partial charge in [-0.2, -0.15) is 0 Å². The minimum Gasteiger partial charge on any atom is -0.146 e. The highest BCUT2D eigenvalue weighted by Crippen LogP contribution is 2.37. The predicted octanol–water partition coefficient (Wildman–Crippen LogP) is 5.95. The van der Waals surface area contributed by atoms with Crippen LogP contribution in [0.5, 0.6) is 0 Å². The number of hydrogen-bond donors (Lipinski definition) is 0. The summed E-state index contributed by atoms with van der Waals surface area (Å²) in [5, 5.41) is 0.612. The van der Waals surface area contributed by atoms with Crippen molar-refractivity contribution in [2.45, 2.75) is 19.2 Å². The molecule has 1 heterocycles. The van der Waals surface area contributed by atoms with E-state index in [9.17, 15) is 0 Å². The standard InChI is InChI=1S/C13H11Cl2IS/c1-7-5-10(8(2)17-7)13(15)11-6-9(14)3-4-12(11)16/h3-6,13H,1-2H3. The predicted molar refractivity (Wildman–Crippen MR) is 85.7 cm³/mol. The largest absolute Gasteiger partial charge is 0.146 e. The molecule has 1 aromatic carbocycles. The monoisotopic (exact) mass is 396 g/mol. The van der Waals surface area contributed by atoms with Crippen LogP contribution in [0.4, 0.5) is 0 Å². The molecule has 90 valence electrons. The molecule has 0 fully saturated rings. The molecule has 4 heteroatoms. The van der Waals surface area contributed by atoms with E-state index in [0.717, 1.165) is 14.2 Å². The quantitative estimate of drug-likeness (QED) is 0.434. The van der Waals surface area contributed by atoms with E-state index in [1.165, 1.54) is 15.3 Å². The molecule has 2 rings (SSSR count). The highest BCUT2D eigenvalue weighted by atomic mass is 127. The first kappa shape index (κ1) is 13.7. The lowest BCUT2D eigenvalue weighted by Crippen LogP contribution is -1.96. The molecule has 0 radical (unpaired) electrons. The second kappa shape index (κ2) is 5.47. The van der Waals surface area contributed by atoms with Crippen molar-refractivity contribution in [3.8, 4) is 0 Å². The lowest BCUT2D eigenvalue weighted by molar-refractivity contribution is 1.12. The van der Waals surface area contributed by atoms with E-state index in [4.69, 9.17) is 23.2 Å². The van der Waals surface area contributed by atoms with Gasteiger partial charge >= 0.3 is 0 Å². The second-order valence-corrected chi connectivity index (χ2v) is 7.39. The van der Waals surface area contributed by atoms with Crippen LogP contribution in [-0.4, -0.2) is 0 Å². The van der Waals surface area contributed by atoms with Crippen molar-refractivity contribution in [1.29, 1.82) is 0 Å². The summed E-state index contributed by atoms with van der Waals surface area (Å²) in [6.07, 6.45) is 0. The van der Waals surface area contributed by atoms with E-state index >= 15 is 0 Å². The van der Waals surface area contributed by atoms with Crippen molar-refractivity contribution in [3.63, 3.8) is 0 Å². The molecule has 0 spiro atoms. The number of halogens is 3. The van der Waals surface area contributed by atoms with Crippen LogP contribution in [-0.2, 0) is 0 Å². The molecular formula is C13H11Cl2IS. The molecule has 17 heavy (non-hydrogen) atoms. The number of thiophene rings is 1. The topological polar surface area (TPSA) is 0 Å². The van der Waals surface area contributed by atoms with Crippen LogP contribution >= 0.6 is 57.1 Å². The lowest BCUT2D eigenvalue weighted by atomic mass is 10.1. The Bertz CT molecular complexity index is 548. The first-order valence-corrected chi connectivity index (χ1v) is 7.86. The van der Waals surface area contributed by atoms with Gasteiger partial charge in [-0.3, -0.25) is 0 Å². The highest BCUT2D eigenvalue weighted by Gasteiger charge is 2.18. The van der Waals surface area contributed by atoms with Gasteiger partial charge in [0.25, 0.3) is 0 Å². The molecule has 0 aliphatic rings. The highest BCUT2D eigenvalue weighted by molar-refractivity contribution is 14.1. The van der Waals surface area contributed by atoms with Gasteiger partial charge in [0.15, 0.2) is 0 Å². The first-order chi connectivity index (χ1) is 7.99.